The third-order valence-corrected chi connectivity index (χ3v) is 11.7. The maximum Gasteiger partial charge on any atom is 0.184 e. The van der Waals surface area contributed by atoms with Crippen LogP contribution in [0.4, 0.5) is 0 Å². The standard InChI is InChI=1S/C12H19O2S.C10H16O4S/c13-11-5-7-15(8-6-11)9-12(14)10-3-1-2-4-10;1-9(2)6-4-5-10(9,3)8(11)7(6)15(12,13)14/h10H,1-9H2;6-7H,4-5H2,1-3H3,(H,12,13,14)/q+1;/p-1. The second-order valence-electron chi connectivity index (χ2n) is 10.1. The number of carbonyl (C=O) groups is 3. The van der Waals surface area contributed by atoms with Crippen LogP contribution in [0.2, 0.25) is 0 Å². The van der Waals surface area contributed by atoms with E-state index in [-0.39, 0.29) is 28.0 Å². The molecule has 1 heterocycles. The van der Waals surface area contributed by atoms with E-state index in [0.29, 0.717) is 30.3 Å². The molecule has 4 aliphatic rings. The molecule has 3 unspecified atom stereocenters. The van der Waals surface area contributed by atoms with Crippen molar-refractivity contribution in [2.75, 3.05) is 17.3 Å². The third kappa shape index (κ3) is 4.42. The summed E-state index contributed by atoms with van der Waals surface area (Å²) in [7, 11) is -4.25. The molecule has 0 aromatic carbocycles. The molecule has 6 nitrogen and oxygen atoms in total. The second-order valence-corrected chi connectivity index (χ2v) is 14.0. The van der Waals surface area contributed by atoms with E-state index in [0.717, 1.165) is 42.9 Å². The molecule has 0 amide bonds. The van der Waals surface area contributed by atoms with Crippen molar-refractivity contribution in [3.05, 3.63) is 0 Å². The van der Waals surface area contributed by atoms with Gasteiger partial charge in [-0.2, -0.15) is 0 Å². The van der Waals surface area contributed by atoms with Crippen LogP contribution in [0.1, 0.15) is 72.1 Å². The average Bonchev–Trinajstić information content (AvgIpc) is 3.30. The van der Waals surface area contributed by atoms with E-state index in [1.54, 1.807) is 6.92 Å². The number of hydrogen-bond acceptors (Lipinski definition) is 6. The summed E-state index contributed by atoms with van der Waals surface area (Å²) in [6.45, 7) is 5.59. The molecule has 0 aromatic heterocycles. The van der Waals surface area contributed by atoms with Crippen molar-refractivity contribution in [1.82, 2.24) is 0 Å². The summed E-state index contributed by atoms with van der Waals surface area (Å²) in [6.07, 6.45) is 7.54. The zero-order valence-corrected chi connectivity index (χ0v) is 19.9. The van der Waals surface area contributed by atoms with Crippen LogP contribution in [0.5, 0.6) is 0 Å². The third-order valence-electron chi connectivity index (χ3n) is 8.28. The van der Waals surface area contributed by atoms with E-state index >= 15 is 0 Å². The minimum atomic E-state index is -4.49. The van der Waals surface area contributed by atoms with Crippen LogP contribution in [0.15, 0.2) is 0 Å². The highest BCUT2D eigenvalue weighted by molar-refractivity contribution is 7.97. The van der Waals surface area contributed by atoms with Gasteiger partial charge in [0.15, 0.2) is 17.3 Å². The average molecular weight is 459 g/mol. The van der Waals surface area contributed by atoms with Crippen molar-refractivity contribution in [2.24, 2.45) is 22.7 Å². The summed E-state index contributed by atoms with van der Waals surface area (Å²) in [5.41, 5.74) is -0.994. The molecule has 1 saturated heterocycles. The number of carbonyl (C=O) groups excluding carboxylic acids is 3. The first-order valence-electron chi connectivity index (χ1n) is 11.1. The van der Waals surface area contributed by atoms with Crippen molar-refractivity contribution in [3.63, 3.8) is 0 Å². The molecule has 4 rings (SSSR count). The zero-order valence-electron chi connectivity index (χ0n) is 18.3. The van der Waals surface area contributed by atoms with Crippen molar-refractivity contribution in [1.29, 1.82) is 0 Å². The first-order valence-corrected chi connectivity index (χ1v) is 14.3. The van der Waals surface area contributed by atoms with Gasteiger partial charge in [0.05, 0.1) is 12.8 Å². The van der Waals surface area contributed by atoms with Crippen LogP contribution < -0.4 is 0 Å². The lowest BCUT2D eigenvalue weighted by Crippen LogP contribution is -2.38. The Morgan fingerprint density at radius 2 is 1.63 bits per heavy atom. The highest BCUT2D eigenvalue weighted by atomic mass is 32.2. The van der Waals surface area contributed by atoms with Crippen LogP contribution in [0.25, 0.3) is 0 Å². The smallest absolute Gasteiger partial charge is 0.184 e. The fraction of sp³-hybridized carbons (Fsp3) is 0.864. The van der Waals surface area contributed by atoms with Crippen LogP contribution >= 0.6 is 0 Å². The molecule has 3 saturated carbocycles. The summed E-state index contributed by atoms with van der Waals surface area (Å²) in [4.78, 5) is 35.0. The van der Waals surface area contributed by atoms with E-state index in [4.69, 9.17) is 0 Å². The Morgan fingerprint density at radius 1 is 1.07 bits per heavy atom. The fourth-order valence-corrected chi connectivity index (χ4v) is 9.35. The molecular formula is C22H34O6S2. The predicted octanol–water partition coefficient (Wildman–Crippen LogP) is 2.65. The fourth-order valence-electron chi connectivity index (χ4n) is 5.79. The van der Waals surface area contributed by atoms with Gasteiger partial charge in [-0.15, -0.1) is 0 Å². The number of Topliss-reactive ketones (excluding diaryl/α,β-unsaturated/α-hetero) is 3. The van der Waals surface area contributed by atoms with Crippen molar-refractivity contribution < 1.29 is 27.4 Å². The van der Waals surface area contributed by atoms with E-state index in [2.05, 4.69) is 0 Å². The summed E-state index contributed by atoms with van der Waals surface area (Å²) in [5.74, 6) is 3.34. The monoisotopic (exact) mass is 458 g/mol. The highest BCUT2D eigenvalue weighted by Crippen LogP contribution is 2.64. The van der Waals surface area contributed by atoms with Crippen molar-refractivity contribution in [2.45, 2.75) is 77.4 Å². The van der Waals surface area contributed by atoms with Gasteiger partial charge < -0.3 is 4.55 Å². The number of fused-ring (bicyclic) bond motifs is 2. The molecule has 3 atom stereocenters. The Morgan fingerprint density at radius 3 is 2.07 bits per heavy atom. The minimum absolute atomic E-state index is 0.238. The molecule has 0 spiro atoms. The van der Waals surface area contributed by atoms with Gasteiger partial charge in [0.25, 0.3) is 0 Å². The lowest BCUT2D eigenvalue weighted by atomic mass is 9.70. The van der Waals surface area contributed by atoms with E-state index in [1.807, 2.05) is 13.8 Å². The minimum Gasteiger partial charge on any atom is -0.747 e. The predicted molar refractivity (Wildman–Crippen MR) is 116 cm³/mol. The Balaban J connectivity index is 0.000000171. The zero-order chi connectivity index (χ0) is 22.3. The maximum absolute atomic E-state index is 12.0. The summed E-state index contributed by atoms with van der Waals surface area (Å²) in [5, 5.41) is -1.30. The lowest BCUT2D eigenvalue weighted by Gasteiger charge is -2.32. The first-order chi connectivity index (χ1) is 13.9. The quantitative estimate of drug-likeness (QED) is 0.473. The highest BCUT2D eigenvalue weighted by Gasteiger charge is 2.67. The van der Waals surface area contributed by atoms with Crippen molar-refractivity contribution >= 4 is 38.4 Å². The molecule has 0 aromatic rings. The van der Waals surface area contributed by atoms with Crippen LogP contribution in [-0.2, 0) is 35.4 Å². The normalized spacial score (nSPS) is 34.1. The van der Waals surface area contributed by atoms with Gasteiger partial charge in [-0.25, -0.2) is 8.42 Å². The number of rotatable bonds is 4. The van der Waals surface area contributed by atoms with Crippen LogP contribution in [0.3, 0.4) is 0 Å². The lowest BCUT2D eigenvalue weighted by molar-refractivity contribution is -0.128. The molecule has 2 bridgehead atoms. The maximum atomic E-state index is 12.0. The van der Waals surface area contributed by atoms with Gasteiger partial charge in [-0.3, -0.25) is 14.4 Å². The Kier molecular flexibility index (Phi) is 6.91. The Bertz CT molecular complexity index is 801. The molecule has 0 N–H and O–H groups in total. The molecule has 1 aliphatic heterocycles. The van der Waals surface area contributed by atoms with Gasteiger partial charge in [-0.05, 0) is 47.9 Å². The second kappa shape index (κ2) is 8.66. The van der Waals surface area contributed by atoms with E-state index in [1.165, 1.54) is 12.8 Å². The summed E-state index contributed by atoms with van der Waals surface area (Å²) >= 11 is 0. The molecular weight excluding hydrogens is 424 g/mol. The number of ketones is 3. The summed E-state index contributed by atoms with van der Waals surface area (Å²) < 4.78 is 33.3. The Labute approximate surface area is 183 Å². The number of hydrogen-bond donors (Lipinski definition) is 0. The van der Waals surface area contributed by atoms with Crippen LogP contribution in [0, 0.1) is 22.7 Å². The molecule has 0 radical (unpaired) electrons. The molecule has 8 heteroatoms. The van der Waals surface area contributed by atoms with E-state index < -0.39 is 20.8 Å². The van der Waals surface area contributed by atoms with Crippen molar-refractivity contribution in [3.8, 4) is 0 Å². The SMILES string of the molecule is CC12CCC(C(S(=O)(=O)[O-])C1=O)C2(C)C.O=C1CC[S+](CC(=O)C2CCCC2)CC1. The molecule has 170 valence electrons. The Hall–Kier alpha value is -0.730. The van der Waals surface area contributed by atoms with Gasteiger partial charge in [0, 0.05) is 11.3 Å². The topological polar surface area (TPSA) is 108 Å². The largest absolute Gasteiger partial charge is 0.747 e. The van der Waals surface area contributed by atoms with Gasteiger partial charge in [0.2, 0.25) is 0 Å². The molecule has 3 aliphatic carbocycles. The summed E-state index contributed by atoms with van der Waals surface area (Å²) in [6, 6.07) is 0. The first kappa shape index (κ1) is 23.9. The molecule has 30 heavy (non-hydrogen) atoms. The van der Waals surface area contributed by atoms with Crippen LogP contribution in [-0.4, -0.2) is 52.8 Å². The van der Waals surface area contributed by atoms with Gasteiger partial charge in [-0.1, -0.05) is 33.6 Å². The van der Waals surface area contributed by atoms with Gasteiger partial charge in [0.1, 0.15) is 32.7 Å². The van der Waals surface area contributed by atoms with Gasteiger partial charge >= 0.3 is 0 Å². The van der Waals surface area contributed by atoms with E-state index in [9.17, 15) is 27.4 Å². The molecule has 4 fully saturated rings.